The largest absolute Gasteiger partial charge is 0.469 e. The lowest BCUT2D eigenvalue weighted by Gasteiger charge is -1.98. The Morgan fingerprint density at radius 2 is 2.33 bits per heavy atom. The molecular weight excluding hydrogens is 150 g/mol. The maximum atomic E-state index is 5.66. The molecule has 0 bridgehead atoms. The highest BCUT2D eigenvalue weighted by Gasteiger charge is 2.58. The van der Waals surface area contributed by atoms with Crippen molar-refractivity contribution in [1.29, 1.82) is 0 Å². The molecule has 1 aliphatic carbocycles. The van der Waals surface area contributed by atoms with E-state index >= 15 is 0 Å². The normalized spacial score (nSPS) is 31.9. The van der Waals surface area contributed by atoms with Crippen LogP contribution < -0.4 is 5.73 Å². The van der Waals surface area contributed by atoms with Gasteiger partial charge in [0.05, 0.1) is 6.26 Å². The minimum Gasteiger partial charge on any atom is -0.469 e. The van der Waals surface area contributed by atoms with Crippen molar-refractivity contribution in [3.8, 4) is 0 Å². The second-order valence-electron chi connectivity index (χ2n) is 4.16. The topological polar surface area (TPSA) is 39.2 Å². The number of rotatable bonds is 2. The molecular formula is C10H15NO. The van der Waals surface area contributed by atoms with E-state index in [-0.39, 0.29) is 0 Å². The lowest BCUT2D eigenvalue weighted by molar-refractivity contribution is 0.482. The zero-order valence-electron chi connectivity index (χ0n) is 7.58. The number of hydrogen-bond donors (Lipinski definition) is 1. The summed E-state index contributed by atoms with van der Waals surface area (Å²) >= 11 is 0. The second kappa shape index (κ2) is 2.36. The van der Waals surface area contributed by atoms with Crippen molar-refractivity contribution in [3.05, 3.63) is 24.2 Å². The van der Waals surface area contributed by atoms with Crippen LogP contribution in [0.15, 0.2) is 22.8 Å². The van der Waals surface area contributed by atoms with Gasteiger partial charge >= 0.3 is 0 Å². The maximum absolute atomic E-state index is 5.66. The lowest BCUT2D eigenvalue weighted by atomic mass is 10.1. The molecule has 1 saturated carbocycles. The molecule has 0 aliphatic heterocycles. The van der Waals surface area contributed by atoms with Crippen LogP contribution in [0.1, 0.15) is 25.5 Å². The minimum atomic E-state index is 0.340. The number of nitrogens with two attached hydrogens (primary N) is 1. The average molecular weight is 165 g/mol. The Morgan fingerprint density at radius 3 is 2.75 bits per heavy atom. The summed E-state index contributed by atoms with van der Waals surface area (Å²) in [6, 6.07) is 3.99. The van der Waals surface area contributed by atoms with Crippen molar-refractivity contribution in [2.45, 2.75) is 19.8 Å². The van der Waals surface area contributed by atoms with E-state index in [9.17, 15) is 0 Å². The first-order valence-electron chi connectivity index (χ1n) is 4.41. The third-order valence-electron chi connectivity index (χ3n) is 3.15. The van der Waals surface area contributed by atoms with Gasteiger partial charge in [0.1, 0.15) is 5.76 Å². The van der Waals surface area contributed by atoms with Crippen LogP contribution in [0.5, 0.6) is 0 Å². The monoisotopic (exact) mass is 165 g/mol. The van der Waals surface area contributed by atoms with Crippen molar-refractivity contribution in [3.63, 3.8) is 0 Å². The van der Waals surface area contributed by atoms with E-state index in [0.717, 1.165) is 12.3 Å². The highest BCUT2D eigenvalue weighted by Crippen LogP contribution is 2.63. The van der Waals surface area contributed by atoms with Crippen LogP contribution in [0.2, 0.25) is 0 Å². The van der Waals surface area contributed by atoms with E-state index in [1.54, 1.807) is 6.26 Å². The van der Waals surface area contributed by atoms with E-state index in [4.69, 9.17) is 10.2 Å². The van der Waals surface area contributed by atoms with E-state index in [0.29, 0.717) is 17.3 Å². The molecule has 1 fully saturated rings. The van der Waals surface area contributed by atoms with Crippen molar-refractivity contribution in [2.24, 2.45) is 17.1 Å². The summed E-state index contributed by atoms with van der Waals surface area (Å²) in [5, 5.41) is 0. The van der Waals surface area contributed by atoms with Gasteiger partial charge in [0, 0.05) is 5.92 Å². The molecule has 0 unspecified atom stereocenters. The van der Waals surface area contributed by atoms with Gasteiger partial charge in [-0.2, -0.15) is 0 Å². The molecule has 0 aromatic carbocycles. The Hall–Kier alpha value is -0.760. The van der Waals surface area contributed by atoms with E-state index in [1.165, 1.54) is 0 Å². The first-order chi connectivity index (χ1) is 5.68. The van der Waals surface area contributed by atoms with Gasteiger partial charge in [-0.3, -0.25) is 0 Å². The fourth-order valence-corrected chi connectivity index (χ4v) is 2.22. The van der Waals surface area contributed by atoms with Crippen LogP contribution in [0.4, 0.5) is 0 Å². The molecule has 1 heterocycles. The van der Waals surface area contributed by atoms with Gasteiger partial charge in [0.25, 0.3) is 0 Å². The Balaban J connectivity index is 2.19. The maximum Gasteiger partial charge on any atom is 0.107 e. The molecule has 1 aromatic rings. The smallest absolute Gasteiger partial charge is 0.107 e. The third kappa shape index (κ3) is 0.911. The van der Waals surface area contributed by atoms with E-state index in [1.807, 2.05) is 12.1 Å². The summed E-state index contributed by atoms with van der Waals surface area (Å²) in [6.07, 6.45) is 1.73. The van der Waals surface area contributed by atoms with Gasteiger partial charge in [-0.05, 0) is 30.0 Å². The van der Waals surface area contributed by atoms with Gasteiger partial charge in [0.15, 0.2) is 0 Å². The number of furan rings is 1. The first-order valence-corrected chi connectivity index (χ1v) is 4.41. The summed E-state index contributed by atoms with van der Waals surface area (Å²) in [4.78, 5) is 0. The SMILES string of the molecule is CC1(C)[C@@H](CN)[C@@H]1c1ccco1. The van der Waals surface area contributed by atoms with Gasteiger partial charge in [-0.25, -0.2) is 0 Å². The molecule has 0 radical (unpaired) electrons. The Labute approximate surface area is 72.7 Å². The summed E-state index contributed by atoms with van der Waals surface area (Å²) in [7, 11) is 0. The van der Waals surface area contributed by atoms with Crippen LogP contribution in [0.3, 0.4) is 0 Å². The highest BCUT2D eigenvalue weighted by atomic mass is 16.3. The molecule has 1 aromatic heterocycles. The van der Waals surface area contributed by atoms with Crippen LogP contribution in [-0.2, 0) is 0 Å². The predicted molar refractivity (Wildman–Crippen MR) is 47.8 cm³/mol. The molecule has 2 atom stereocenters. The fourth-order valence-electron chi connectivity index (χ4n) is 2.22. The molecule has 2 N–H and O–H groups in total. The summed E-state index contributed by atoms with van der Waals surface area (Å²) in [6.45, 7) is 5.26. The second-order valence-corrected chi connectivity index (χ2v) is 4.16. The van der Waals surface area contributed by atoms with Crippen molar-refractivity contribution in [1.82, 2.24) is 0 Å². The van der Waals surface area contributed by atoms with E-state index in [2.05, 4.69) is 13.8 Å². The number of hydrogen-bond acceptors (Lipinski definition) is 2. The Bertz CT molecular complexity index is 263. The predicted octanol–water partition coefficient (Wildman–Crippen LogP) is 1.98. The highest BCUT2D eigenvalue weighted by molar-refractivity contribution is 5.24. The fraction of sp³-hybridized carbons (Fsp3) is 0.600. The van der Waals surface area contributed by atoms with Crippen LogP contribution >= 0.6 is 0 Å². The molecule has 0 spiro atoms. The lowest BCUT2D eigenvalue weighted by Crippen LogP contribution is -2.05. The van der Waals surface area contributed by atoms with Crippen molar-refractivity contribution >= 4 is 0 Å². The van der Waals surface area contributed by atoms with Crippen LogP contribution in [-0.4, -0.2) is 6.54 Å². The van der Waals surface area contributed by atoms with E-state index < -0.39 is 0 Å². The summed E-state index contributed by atoms with van der Waals surface area (Å²) in [5.41, 5.74) is 6.00. The molecule has 2 rings (SSSR count). The quantitative estimate of drug-likeness (QED) is 0.727. The molecule has 0 amide bonds. The van der Waals surface area contributed by atoms with Crippen LogP contribution in [0.25, 0.3) is 0 Å². The summed E-state index contributed by atoms with van der Waals surface area (Å²) in [5.74, 6) is 2.23. The van der Waals surface area contributed by atoms with Gasteiger partial charge in [-0.1, -0.05) is 13.8 Å². The van der Waals surface area contributed by atoms with Gasteiger partial charge in [-0.15, -0.1) is 0 Å². The molecule has 66 valence electrons. The Kier molecular flexibility index (Phi) is 1.55. The molecule has 12 heavy (non-hydrogen) atoms. The Morgan fingerprint density at radius 1 is 1.58 bits per heavy atom. The minimum absolute atomic E-state index is 0.340. The van der Waals surface area contributed by atoms with Crippen LogP contribution in [0, 0.1) is 11.3 Å². The van der Waals surface area contributed by atoms with Gasteiger partial charge in [0.2, 0.25) is 0 Å². The molecule has 2 heteroatoms. The first kappa shape index (κ1) is 7.87. The average Bonchev–Trinajstić information content (AvgIpc) is 2.50. The summed E-state index contributed by atoms with van der Waals surface area (Å²) < 4.78 is 5.37. The zero-order chi connectivity index (χ0) is 8.77. The molecule has 1 aliphatic rings. The third-order valence-corrected chi connectivity index (χ3v) is 3.15. The standard InChI is InChI=1S/C10H15NO/c1-10(2)7(6-11)9(10)8-4-3-5-12-8/h3-5,7,9H,6,11H2,1-2H3/t7-,9+/m0/s1. The van der Waals surface area contributed by atoms with Crippen molar-refractivity contribution < 1.29 is 4.42 Å². The zero-order valence-corrected chi connectivity index (χ0v) is 7.58. The molecule has 2 nitrogen and oxygen atoms in total. The van der Waals surface area contributed by atoms with Gasteiger partial charge < -0.3 is 10.2 Å². The van der Waals surface area contributed by atoms with Crippen molar-refractivity contribution in [2.75, 3.05) is 6.54 Å². The molecule has 0 saturated heterocycles.